The Morgan fingerprint density at radius 2 is 1.21 bits per heavy atom. The summed E-state index contributed by atoms with van der Waals surface area (Å²) in [6, 6.07) is 13.7. The summed E-state index contributed by atoms with van der Waals surface area (Å²) in [6.07, 6.45) is 3.31. The number of nitrogen functional groups attached to an aromatic ring is 1. The van der Waals surface area contributed by atoms with Crippen LogP contribution >= 0.6 is 0 Å². The van der Waals surface area contributed by atoms with Gasteiger partial charge in [0.1, 0.15) is 5.69 Å². The van der Waals surface area contributed by atoms with Gasteiger partial charge in [0.25, 0.3) is 0 Å². The van der Waals surface area contributed by atoms with E-state index in [9.17, 15) is 17.6 Å². The van der Waals surface area contributed by atoms with Crippen LogP contribution in [-0.2, 0) is 6.42 Å². The third-order valence-corrected chi connectivity index (χ3v) is 4.60. The van der Waals surface area contributed by atoms with Gasteiger partial charge in [-0.1, -0.05) is 49.5 Å². The van der Waals surface area contributed by atoms with Gasteiger partial charge in [-0.25, -0.2) is 17.6 Å². The standard InChI is InChI=1S/C24H19F4N/c1-2-3-4-15-5-7-16(8-6-15)9-10-17-11-13-18(14-12-17)19-20(25)22(27)24(29)23(28)21(19)26/h5-8,11-14H,2-4,29H2,1H3. The van der Waals surface area contributed by atoms with Gasteiger partial charge < -0.3 is 5.73 Å². The van der Waals surface area contributed by atoms with Crippen LogP contribution in [0, 0.1) is 35.1 Å². The van der Waals surface area contributed by atoms with Crippen molar-refractivity contribution in [3.05, 3.63) is 88.5 Å². The lowest BCUT2D eigenvalue weighted by Gasteiger charge is -2.09. The van der Waals surface area contributed by atoms with Gasteiger partial charge in [0.05, 0.1) is 5.56 Å². The minimum atomic E-state index is -1.61. The molecule has 0 aliphatic heterocycles. The molecular formula is C24H19F4N. The predicted molar refractivity (Wildman–Crippen MR) is 107 cm³/mol. The van der Waals surface area contributed by atoms with Crippen molar-refractivity contribution in [3.63, 3.8) is 0 Å². The third kappa shape index (κ3) is 4.43. The van der Waals surface area contributed by atoms with Gasteiger partial charge in [-0.2, -0.15) is 0 Å². The molecule has 3 aromatic carbocycles. The molecule has 0 bridgehead atoms. The zero-order chi connectivity index (χ0) is 21.0. The predicted octanol–water partition coefficient (Wildman–Crippen LogP) is 6.23. The summed E-state index contributed by atoms with van der Waals surface area (Å²) in [5.74, 6) is -0.287. The van der Waals surface area contributed by atoms with Crippen molar-refractivity contribution >= 4 is 5.69 Å². The van der Waals surface area contributed by atoms with Crippen LogP contribution in [0.2, 0.25) is 0 Å². The molecule has 0 spiro atoms. The molecule has 29 heavy (non-hydrogen) atoms. The normalized spacial score (nSPS) is 10.5. The minimum absolute atomic E-state index is 0.0105. The van der Waals surface area contributed by atoms with E-state index in [0.717, 1.165) is 24.8 Å². The van der Waals surface area contributed by atoms with Crippen molar-refractivity contribution in [3.8, 4) is 23.0 Å². The molecule has 148 valence electrons. The number of hydrogen-bond donors (Lipinski definition) is 1. The van der Waals surface area contributed by atoms with Gasteiger partial charge in [-0.3, -0.25) is 0 Å². The Balaban J connectivity index is 1.83. The highest BCUT2D eigenvalue weighted by molar-refractivity contribution is 5.69. The van der Waals surface area contributed by atoms with Crippen LogP contribution in [0.5, 0.6) is 0 Å². The first-order valence-corrected chi connectivity index (χ1v) is 9.25. The van der Waals surface area contributed by atoms with Crippen molar-refractivity contribution < 1.29 is 17.6 Å². The average Bonchev–Trinajstić information content (AvgIpc) is 2.75. The van der Waals surface area contributed by atoms with Crippen LogP contribution in [0.3, 0.4) is 0 Å². The van der Waals surface area contributed by atoms with Gasteiger partial charge >= 0.3 is 0 Å². The van der Waals surface area contributed by atoms with Gasteiger partial charge in [0.2, 0.25) is 0 Å². The molecule has 0 saturated heterocycles. The van der Waals surface area contributed by atoms with E-state index in [4.69, 9.17) is 5.73 Å². The number of aryl methyl sites for hydroxylation is 1. The first kappa shape index (κ1) is 20.5. The lowest BCUT2D eigenvalue weighted by atomic mass is 10.0. The molecule has 0 saturated carbocycles. The van der Waals surface area contributed by atoms with Gasteiger partial charge in [-0.15, -0.1) is 0 Å². The van der Waals surface area contributed by atoms with Crippen LogP contribution in [0.25, 0.3) is 11.1 Å². The fourth-order valence-electron chi connectivity index (χ4n) is 2.90. The van der Waals surface area contributed by atoms with Crippen LogP contribution in [0.1, 0.15) is 36.5 Å². The minimum Gasteiger partial charge on any atom is -0.394 e. The SMILES string of the molecule is CCCCc1ccc(C#Cc2ccc(-c3c(F)c(F)c(N)c(F)c3F)cc2)cc1. The summed E-state index contributed by atoms with van der Waals surface area (Å²) in [4.78, 5) is 0. The Morgan fingerprint density at radius 1 is 0.724 bits per heavy atom. The molecule has 1 nitrogen and oxygen atoms in total. The van der Waals surface area contributed by atoms with E-state index in [1.165, 1.54) is 29.8 Å². The Bertz CT molecular complexity index is 1050. The molecule has 0 amide bonds. The summed E-state index contributed by atoms with van der Waals surface area (Å²) < 4.78 is 55.5. The van der Waals surface area contributed by atoms with Gasteiger partial charge in [0.15, 0.2) is 23.3 Å². The number of unbranched alkanes of at least 4 members (excludes halogenated alkanes) is 1. The third-order valence-electron chi connectivity index (χ3n) is 4.60. The Kier molecular flexibility index (Phi) is 6.23. The smallest absolute Gasteiger partial charge is 0.185 e. The van der Waals surface area contributed by atoms with E-state index < -0.39 is 34.5 Å². The number of halogens is 4. The highest BCUT2D eigenvalue weighted by Gasteiger charge is 2.24. The molecule has 3 rings (SSSR count). The Labute approximate surface area is 167 Å². The zero-order valence-corrected chi connectivity index (χ0v) is 15.8. The molecule has 0 aliphatic rings. The van der Waals surface area contributed by atoms with E-state index in [2.05, 4.69) is 18.8 Å². The first-order valence-electron chi connectivity index (χ1n) is 9.25. The number of nitrogens with two attached hydrogens (primary N) is 1. The van der Waals surface area contributed by atoms with Crippen molar-refractivity contribution in [2.45, 2.75) is 26.2 Å². The highest BCUT2D eigenvalue weighted by Crippen LogP contribution is 2.33. The summed E-state index contributed by atoms with van der Waals surface area (Å²) in [6.45, 7) is 2.15. The van der Waals surface area contributed by atoms with Crippen molar-refractivity contribution in [1.82, 2.24) is 0 Å². The van der Waals surface area contributed by atoms with Crippen molar-refractivity contribution in [2.24, 2.45) is 0 Å². The van der Waals surface area contributed by atoms with E-state index in [1.807, 2.05) is 24.3 Å². The number of hydrogen-bond acceptors (Lipinski definition) is 1. The second-order valence-electron chi connectivity index (χ2n) is 6.67. The molecule has 0 fully saturated rings. The van der Waals surface area contributed by atoms with Crippen LogP contribution < -0.4 is 5.73 Å². The van der Waals surface area contributed by atoms with E-state index in [1.54, 1.807) is 0 Å². The fraction of sp³-hybridized carbons (Fsp3) is 0.167. The monoisotopic (exact) mass is 397 g/mol. The molecule has 0 unspecified atom stereocenters. The van der Waals surface area contributed by atoms with Crippen molar-refractivity contribution in [2.75, 3.05) is 5.73 Å². The maximum Gasteiger partial charge on any atom is 0.185 e. The molecule has 3 aromatic rings. The fourth-order valence-corrected chi connectivity index (χ4v) is 2.90. The van der Waals surface area contributed by atoms with Crippen LogP contribution in [0.15, 0.2) is 48.5 Å². The first-order chi connectivity index (χ1) is 13.9. The largest absolute Gasteiger partial charge is 0.394 e. The number of rotatable bonds is 4. The molecule has 0 heterocycles. The molecule has 0 aliphatic carbocycles. The van der Waals surface area contributed by atoms with E-state index in [-0.39, 0.29) is 5.56 Å². The molecule has 0 aromatic heterocycles. The van der Waals surface area contributed by atoms with Gasteiger partial charge in [0, 0.05) is 11.1 Å². The number of anilines is 1. The molecular weight excluding hydrogens is 378 g/mol. The number of benzene rings is 3. The van der Waals surface area contributed by atoms with Crippen LogP contribution in [0.4, 0.5) is 23.2 Å². The summed E-state index contributed by atoms with van der Waals surface area (Å²) in [5, 5.41) is 0. The molecule has 0 radical (unpaired) electrons. The summed E-state index contributed by atoms with van der Waals surface area (Å²) in [7, 11) is 0. The topological polar surface area (TPSA) is 26.0 Å². The Morgan fingerprint density at radius 3 is 1.69 bits per heavy atom. The van der Waals surface area contributed by atoms with E-state index in [0.29, 0.717) is 5.56 Å². The second kappa shape index (κ2) is 8.83. The van der Waals surface area contributed by atoms with Crippen LogP contribution in [-0.4, -0.2) is 0 Å². The summed E-state index contributed by atoms with van der Waals surface area (Å²) >= 11 is 0. The summed E-state index contributed by atoms with van der Waals surface area (Å²) in [5.41, 5.74) is 5.75. The maximum atomic E-state index is 14.1. The Hall–Kier alpha value is -3.26. The van der Waals surface area contributed by atoms with E-state index >= 15 is 0 Å². The van der Waals surface area contributed by atoms with Gasteiger partial charge in [-0.05, 0) is 48.2 Å². The van der Waals surface area contributed by atoms with Crippen molar-refractivity contribution in [1.29, 1.82) is 0 Å². The second-order valence-corrected chi connectivity index (χ2v) is 6.67. The molecule has 5 heteroatoms. The average molecular weight is 397 g/mol. The molecule has 2 N–H and O–H groups in total. The molecule has 0 atom stereocenters. The lowest BCUT2D eigenvalue weighted by Crippen LogP contribution is -2.05. The maximum absolute atomic E-state index is 14.1. The lowest BCUT2D eigenvalue weighted by molar-refractivity contribution is 0.464. The zero-order valence-electron chi connectivity index (χ0n) is 15.8. The highest BCUT2D eigenvalue weighted by atomic mass is 19.2. The quantitative estimate of drug-likeness (QED) is 0.240.